The third-order valence-corrected chi connectivity index (χ3v) is 5.43. The zero-order valence-corrected chi connectivity index (χ0v) is 17.7. The molecule has 1 aromatic heterocycles. The third-order valence-electron chi connectivity index (χ3n) is 5.43. The van der Waals surface area contributed by atoms with Gasteiger partial charge < -0.3 is 14.4 Å². The van der Waals surface area contributed by atoms with E-state index in [4.69, 9.17) is 10.00 Å². The Kier molecular flexibility index (Phi) is 5.91. The molecule has 162 valence electrons. The van der Waals surface area contributed by atoms with Crippen LogP contribution in [0.15, 0.2) is 79.3 Å². The van der Waals surface area contributed by atoms with Gasteiger partial charge in [-0.1, -0.05) is 24.3 Å². The van der Waals surface area contributed by atoms with Crippen molar-refractivity contribution in [2.24, 2.45) is 7.05 Å². The lowest BCUT2D eigenvalue weighted by molar-refractivity contribution is 0.0218. The highest BCUT2D eigenvalue weighted by Crippen LogP contribution is 2.35. The molecule has 3 aromatic carbocycles. The summed E-state index contributed by atoms with van der Waals surface area (Å²) < 4.78 is 21.3. The second-order valence-corrected chi connectivity index (χ2v) is 7.56. The van der Waals surface area contributed by atoms with E-state index in [0.717, 1.165) is 0 Å². The Morgan fingerprint density at radius 3 is 2.27 bits per heavy atom. The van der Waals surface area contributed by atoms with E-state index in [-0.39, 0.29) is 12.4 Å². The van der Waals surface area contributed by atoms with Crippen LogP contribution in [0.5, 0.6) is 5.75 Å². The van der Waals surface area contributed by atoms with Crippen molar-refractivity contribution in [2.45, 2.75) is 5.60 Å². The maximum atomic E-state index is 13.4. The second-order valence-electron chi connectivity index (χ2n) is 7.56. The Bertz CT molecular complexity index is 1370. The molecule has 1 heterocycles. The Hall–Kier alpha value is -4.46. The second kappa shape index (κ2) is 8.96. The van der Waals surface area contributed by atoms with Crippen LogP contribution >= 0.6 is 0 Å². The van der Waals surface area contributed by atoms with Gasteiger partial charge in [-0.05, 0) is 53.6 Å². The lowest BCUT2D eigenvalue weighted by Gasteiger charge is -2.29. The van der Waals surface area contributed by atoms with Crippen molar-refractivity contribution in [3.63, 3.8) is 0 Å². The van der Waals surface area contributed by atoms with E-state index in [9.17, 15) is 14.8 Å². The first-order valence-corrected chi connectivity index (χ1v) is 10.1. The maximum absolute atomic E-state index is 13.4. The van der Waals surface area contributed by atoms with Crippen molar-refractivity contribution in [1.29, 1.82) is 10.5 Å². The Labute approximate surface area is 190 Å². The number of aliphatic hydroxyl groups is 1. The fourth-order valence-electron chi connectivity index (χ4n) is 3.64. The fraction of sp³-hybridized carbons (Fsp3) is 0.115. The van der Waals surface area contributed by atoms with Crippen molar-refractivity contribution in [1.82, 2.24) is 9.55 Å². The summed E-state index contributed by atoms with van der Waals surface area (Å²) in [6.45, 7) is -0.168. The molecule has 0 spiro atoms. The molecule has 1 N–H and O–H groups in total. The number of rotatable bonds is 6. The van der Waals surface area contributed by atoms with E-state index in [2.05, 4.69) is 17.1 Å². The molecule has 0 aliphatic carbocycles. The van der Waals surface area contributed by atoms with Crippen LogP contribution in [-0.2, 0) is 12.6 Å². The van der Waals surface area contributed by atoms with Gasteiger partial charge in [-0.25, -0.2) is 9.37 Å². The number of benzene rings is 3. The zero-order valence-electron chi connectivity index (χ0n) is 17.7. The third kappa shape index (κ3) is 4.31. The Balaban J connectivity index is 1.74. The molecule has 1 unspecified atom stereocenters. The molecule has 0 bridgehead atoms. The van der Waals surface area contributed by atoms with E-state index in [1.807, 2.05) is 0 Å². The monoisotopic (exact) mass is 438 g/mol. The molecule has 6 nitrogen and oxygen atoms in total. The minimum absolute atomic E-state index is 0.168. The zero-order chi connectivity index (χ0) is 23.4. The minimum atomic E-state index is -1.58. The first-order chi connectivity index (χ1) is 15.9. The van der Waals surface area contributed by atoms with Gasteiger partial charge >= 0.3 is 0 Å². The number of halogens is 1. The van der Waals surface area contributed by atoms with Crippen LogP contribution in [0.1, 0.15) is 22.4 Å². The van der Waals surface area contributed by atoms with Crippen molar-refractivity contribution in [3.8, 4) is 29.0 Å². The standard InChI is InChI=1S/C26H19FN4O2/c1-31-17-30-15-25(31)26(32,21-7-2-18(13-28)3-8-21)16-33-24-11-4-19(14-29)12-23(24)20-5-9-22(27)10-6-20/h2-12,15,17,32H,16H2,1H3. The summed E-state index contributed by atoms with van der Waals surface area (Å²) in [5.41, 5.74) is 1.62. The molecule has 1 atom stereocenters. The molecular formula is C26H19FN4O2. The Morgan fingerprint density at radius 2 is 1.67 bits per heavy atom. The highest BCUT2D eigenvalue weighted by atomic mass is 19.1. The van der Waals surface area contributed by atoms with E-state index in [0.29, 0.717) is 39.3 Å². The first kappa shape index (κ1) is 21.8. The predicted molar refractivity (Wildman–Crippen MR) is 119 cm³/mol. The summed E-state index contributed by atoms with van der Waals surface area (Å²) in [6.07, 6.45) is 3.14. The largest absolute Gasteiger partial charge is 0.489 e. The average Bonchev–Trinajstić information content (AvgIpc) is 3.29. The molecule has 7 heteroatoms. The molecule has 0 amide bonds. The van der Waals surface area contributed by atoms with Crippen molar-refractivity contribution in [2.75, 3.05) is 6.61 Å². The van der Waals surface area contributed by atoms with E-state index in [1.165, 1.54) is 12.1 Å². The minimum Gasteiger partial charge on any atom is -0.489 e. The lowest BCUT2D eigenvalue weighted by atomic mass is 9.90. The van der Waals surface area contributed by atoms with E-state index < -0.39 is 5.60 Å². The van der Waals surface area contributed by atoms with Crippen LogP contribution < -0.4 is 4.74 Å². The number of hydrogen-bond donors (Lipinski definition) is 1. The van der Waals surface area contributed by atoms with E-state index >= 15 is 0 Å². The molecule has 33 heavy (non-hydrogen) atoms. The SMILES string of the molecule is Cn1cncc1C(O)(COc1ccc(C#N)cc1-c1ccc(F)cc1)c1ccc(C#N)cc1. The van der Waals surface area contributed by atoms with Crippen LogP contribution in [-0.4, -0.2) is 21.3 Å². The normalized spacial score (nSPS) is 12.4. The van der Waals surface area contributed by atoms with Gasteiger partial charge in [0.05, 0.1) is 41.5 Å². The number of nitriles is 2. The van der Waals surface area contributed by atoms with Crippen LogP contribution in [0.25, 0.3) is 11.1 Å². The van der Waals surface area contributed by atoms with Crippen LogP contribution in [0, 0.1) is 28.5 Å². The van der Waals surface area contributed by atoms with Crippen molar-refractivity contribution in [3.05, 3.63) is 107 Å². The van der Waals surface area contributed by atoms with Gasteiger partial charge in [0.2, 0.25) is 0 Å². The molecule has 0 aliphatic rings. The molecule has 0 fully saturated rings. The van der Waals surface area contributed by atoms with Crippen LogP contribution in [0.4, 0.5) is 4.39 Å². The summed E-state index contributed by atoms with van der Waals surface area (Å²) in [5.74, 6) is 0.0545. The van der Waals surface area contributed by atoms with Gasteiger partial charge in [0.25, 0.3) is 0 Å². The summed E-state index contributed by atoms with van der Waals surface area (Å²) >= 11 is 0. The van der Waals surface area contributed by atoms with Gasteiger partial charge in [-0.15, -0.1) is 0 Å². The Morgan fingerprint density at radius 1 is 1.00 bits per heavy atom. The topological polar surface area (TPSA) is 94.9 Å². The van der Waals surface area contributed by atoms with Crippen LogP contribution in [0.3, 0.4) is 0 Å². The molecule has 0 saturated carbocycles. The van der Waals surface area contributed by atoms with Gasteiger partial charge in [0.1, 0.15) is 18.2 Å². The van der Waals surface area contributed by atoms with Crippen molar-refractivity contribution < 1.29 is 14.2 Å². The molecule has 4 aromatic rings. The molecular weight excluding hydrogens is 419 g/mol. The number of imidazole rings is 1. The van der Waals surface area contributed by atoms with Gasteiger partial charge in [0, 0.05) is 12.6 Å². The summed E-state index contributed by atoms with van der Waals surface area (Å²) in [7, 11) is 1.77. The van der Waals surface area contributed by atoms with Crippen molar-refractivity contribution >= 4 is 0 Å². The predicted octanol–water partition coefficient (Wildman–Crippen LogP) is 4.28. The maximum Gasteiger partial charge on any atom is 0.165 e. The fourth-order valence-corrected chi connectivity index (χ4v) is 3.64. The lowest BCUT2D eigenvalue weighted by Crippen LogP contribution is -2.36. The van der Waals surface area contributed by atoms with Gasteiger partial charge in [-0.2, -0.15) is 10.5 Å². The average molecular weight is 438 g/mol. The number of hydrogen-bond acceptors (Lipinski definition) is 5. The number of aromatic nitrogens is 2. The molecule has 0 radical (unpaired) electrons. The van der Waals surface area contributed by atoms with Crippen LogP contribution in [0.2, 0.25) is 0 Å². The highest BCUT2D eigenvalue weighted by Gasteiger charge is 2.36. The molecule has 4 rings (SSSR count). The molecule has 0 aliphatic heterocycles. The number of aryl methyl sites for hydroxylation is 1. The summed E-state index contributed by atoms with van der Waals surface area (Å²) in [5, 5.41) is 30.2. The quantitative estimate of drug-likeness (QED) is 0.485. The summed E-state index contributed by atoms with van der Waals surface area (Å²) in [4.78, 5) is 4.12. The number of nitrogens with zero attached hydrogens (tertiary/aromatic N) is 4. The van der Waals surface area contributed by atoms with E-state index in [1.54, 1.807) is 78.7 Å². The van der Waals surface area contributed by atoms with Gasteiger partial charge in [0.15, 0.2) is 5.60 Å². The van der Waals surface area contributed by atoms with Gasteiger partial charge in [-0.3, -0.25) is 0 Å². The smallest absolute Gasteiger partial charge is 0.165 e. The first-order valence-electron chi connectivity index (χ1n) is 10.1. The number of ether oxygens (including phenoxy) is 1. The summed E-state index contributed by atoms with van der Waals surface area (Å²) in [6, 6.07) is 21.6. The molecule has 0 saturated heterocycles. The highest BCUT2D eigenvalue weighted by molar-refractivity contribution is 5.72.